The summed E-state index contributed by atoms with van der Waals surface area (Å²) < 4.78 is 0. The highest BCUT2D eigenvalue weighted by Crippen LogP contribution is 2.50. The molecule has 2 unspecified atom stereocenters. The average molecular weight is 208 g/mol. The van der Waals surface area contributed by atoms with Gasteiger partial charge in [-0.15, -0.1) is 0 Å². The topological polar surface area (TPSA) is 17.1 Å². The van der Waals surface area contributed by atoms with Crippen LogP contribution >= 0.6 is 0 Å². The van der Waals surface area contributed by atoms with Gasteiger partial charge in [-0.25, -0.2) is 0 Å². The third-order valence-electron chi connectivity index (χ3n) is 4.10. The lowest BCUT2D eigenvalue weighted by atomic mass is 9.71. The van der Waals surface area contributed by atoms with Crippen molar-refractivity contribution in [2.45, 2.75) is 12.8 Å². The van der Waals surface area contributed by atoms with E-state index in [1.54, 1.807) is 0 Å². The third-order valence-corrected chi connectivity index (χ3v) is 4.10. The molecule has 0 spiro atoms. The Labute approximate surface area is 94.5 Å². The van der Waals surface area contributed by atoms with Crippen molar-refractivity contribution in [1.82, 2.24) is 0 Å². The van der Waals surface area contributed by atoms with E-state index >= 15 is 0 Å². The zero-order chi connectivity index (χ0) is 10.7. The van der Waals surface area contributed by atoms with E-state index in [4.69, 9.17) is 0 Å². The smallest absolute Gasteiger partial charge is 0.190 e. The Morgan fingerprint density at radius 3 is 2.19 bits per heavy atom. The monoisotopic (exact) mass is 208 g/mol. The lowest BCUT2D eigenvalue weighted by Gasteiger charge is -2.32. The standard InChI is InChI=1S/C15H12O/c16-15-12-4-2-1-3-11(12)13-9-5-7-10(8-6-9)14(13)15/h1-5,7,9-10H,6,8H2. The lowest BCUT2D eigenvalue weighted by molar-refractivity contribution is 0.102. The van der Waals surface area contributed by atoms with Gasteiger partial charge in [-0.3, -0.25) is 4.79 Å². The first-order chi connectivity index (χ1) is 7.86. The number of Topliss-reactive ketones (excluding diaryl/α,β-unsaturated/α-hetero) is 1. The van der Waals surface area contributed by atoms with Gasteiger partial charge in [0.05, 0.1) is 0 Å². The predicted octanol–water partition coefficient (Wildman–Crippen LogP) is 3.23. The fourth-order valence-electron chi connectivity index (χ4n) is 3.40. The number of carbonyl (C=O) groups excluding carboxylic acids is 1. The molecule has 0 saturated carbocycles. The summed E-state index contributed by atoms with van der Waals surface area (Å²) in [7, 11) is 0. The van der Waals surface area contributed by atoms with Crippen LogP contribution in [0.15, 0.2) is 42.0 Å². The van der Waals surface area contributed by atoms with Gasteiger partial charge in [0.25, 0.3) is 0 Å². The molecule has 0 saturated heterocycles. The van der Waals surface area contributed by atoms with E-state index in [-0.39, 0.29) is 5.78 Å². The van der Waals surface area contributed by atoms with Crippen LogP contribution in [0.1, 0.15) is 28.8 Å². The van der Waals surface area contributed by atoms with E-state index in [2.05, 4.69) is 18.2 Å². The largest absolute Gasteiger partial charge is 0.289 e. The van der Waals surface area contributed by atoms with E-state index in [9.17, 15) is 4.79 Å². The molecule has 0 N–H and O–H groups in total. The molecule has 4 aliphatic rings. The molecule has 1 heteroatoms. The van der Waals surface area contributed by atoms with E-state index in [0.29, 0.717) is 11.8 Å². The number of rotatable bonds is 0. The number of hydrogen-bond donors (Lipinski definition) is 0. The molecule has 1 aromatic rings. The number of allylic oxidation sites excluding steroid dienone is 4. The molecule has 4 aliphatic carbocycles. The number of benzene rings is 1. The van der Waals surface area contributed by atoms with Gasteiger partial charge in [0.15, 0.2) is 5.78 Å². The van der Waals surface area contributed by atoms with Gasteiger partial charge in [-0.2, -0.15) is 0 Å². The highest BCUT2D eigenvalue weighted by molar-refractivity contribution is 6.22. The molecule has 1 nitrogen and oxygen atoms in total. The maximum atomic E-state index is 12.3. The molecule has 0 radical (unpaired) electrons. The van der Waals surface area contributed by atoms with Crippen LogP contribution in [0.4, 0.5) is 0 Å². The Bertz CT molecular complexity index is 563. The maximum absolute atomic E-state index is 12.3. The summed E-state index contributed by atoms with van der Waals surface area (Å²) in [6, 6.07) is 8.07. The van der Waals surface area contributed by atoms with Crippen LogP contribution in [0.25, 0.3) is 5.57 Å². The van der Waals surface area contributed by atoms with Crippen molar-refractivity contribution in [3.8, 4) is 0 Å². The molecule has 0 heterocycles. The summed E-state index contributed by atoms with van der Waals surface area (Å²) in [6.45, 7) is 0. The fourth-order valence-corrected chi connectivity index (χ4v) is 3.40. The minimum absolute atomic E-state index is 0.282. The fraction of sp³-hybridized carbons (Fsp3) is 0.267. The molecule has 2 atom stereocenters. The highest BCUT2D eigenvalue weighted by Gasteiger charge is 2.41. The average Bonchev–Trinajstić information content (AvgIpc) is 2.68. The van der Waals surface area contributed by atoms with Crippen molar-refractivity contribution in [1.29, 1.82) is 0 Å². The minimum atomic E-state index is 0.282. The quantitative estimate of drug-likeness (QED) is 0.598. The van der Waals surface area contributed by atoms with Crippen LogP contribution in [0.3, 0.4) is 0 Å². The van der Waals surface area contributed by atoms with Gasteiger partial charge >= 0.3 is 0 Å². The molecule has 1 aromatic carbocycles. The second-order valence-corrected chi connectivity index (χ2v) is 4.88. The van der Waals surface area contributed by atoms with Crippen LogP contribution in [-0.4, -0.2) is 5.78 Å². The van der Waals surface area contributed by atoms with Crippen LogP contribution in [0.2, 0.25) is 0 Å². The minimum Gasteiger partial charge on any atom is -0.289 e. The van der Waals surface area contributed by atoms with Crippen LogP contribution in [0, 0.1) is 11.8 Å². The number of fused-ring (bicyclic) bond motifs is 2. The zero-order valence-corrected chi connectivity index (χ0v) is 8.94. The normalized spacial score (nSPS) is 29.6. The maximum Gasteiger partial charge on any atom is 0.190 e. The molecular formula is C15H12O. The van der Waals surface area contributed by atoms with Crippen molar-refractivity contribution in [2.75, 3.05) is 0 Å². The summed E-state index contributed by atoms with van der Waals surface area (Å²) in [5, 5.41) is 0. The molecule has 16 heavy (non-hydrogen) atoms. The number of hydrogen-bond acceptors (Lipinski definition) is 1. The van der Waals surface area contributed by atoms with Crippen molar-refractivity contribution in [2.24, 2.45) is 11.8 Å². The van der Waals surface area contributed by atoms with E-state index in [1.807, 2.05) is 18.2 Å². The lowest BCUT2D eigenvalue weighted by Crippen LogP contribution is -2.21. The van der Waals surface area contributed by atoms with E-state index in [0.717, 1.165) is 17.6 Å². The zero-order valence-electron chi connectivity index (χ0n) is 8.94. The van der Waals surface area contributed by atoms with Gasteiger partial charge in [0.1, 0.15) is 0 Å². The number of carbonyl (C=O) groups is 1. The Morgan fingerprint density at radius 2 is 1.50 bits per heavy atom. The molecular weight excluding hydrogens is 196 g/mol. The highest BCUT2D eigenvalue weighted by atomic mass is 16.1. The molecule has 5 rings (SSSR count). The number of ketones is 1. The van der Waals surface area contributed by atoms with Crippen molar-refractivity contribution in [3.05, 3.63) is 53.1 Å². The molecule has 0 aromatic heterocycles. The summed E-state index contributed by atoms with van der Waals surface area (Å²) in [5.41, 5.74) is 4.55. The van der Waals surface area contributed by atoms with E-state index < -0.39 is 0 Å². The van der Waals surface area contributed by atoms with Gasteiger partial charge in [-0.1, -0.05) is 36.4 Å². The van der Waals surface area contributed by atoms with Crippen LogP contribution < -0.4 is 0 Å². The van der Waals surface area contributed by atoms with Crippen LogP contribution in [0.5, 0.6) is 0 Å². The predicted molar refractivity (Wildman–Crippen MR) is 63.0 cm³/mol. The van der Waals surface area contributed by atoms with Crippen molar-refractivity contribution in [3.63, 3.8) is 0 Å². The first-order valence-electron chi connectivity index (χ1n) is 5.93. The first-order valence-corrected chi connectivity index (χ1v) is 5.93. The Morgan fingerprint density at radius 1 is 0.875 bits per heavy atom. The molecule has 78 valence electrons. The second kappa shape index (κ2) is 2.73. The van der Waals surface area contributed by atoms with Crippen LogP contribution in [-0.2, 0) is 0 Å². The Kier molecular flexibility index (Phi) is 1.45. The molecule has 0 aliphatic heterocycles. The first kappa shape index (κ1) is 8.51. The van der Waals surface area contributed by atoms with Gasteiger partial charge in [0, 0.05) is 23.0 Å². The summed E-state index contributed by atoms with van der Waals surface area (Å²) in [6.07, 6.45) is 6.89. The summed E-state index contributed by atoms with van der Waals surface area (Å²) >= 11 is 0. The van der Waals surface area contributed by atoms with Crippen molar-refractivity contribution >= 4 is 11.4 Å². The molecule has 0 fully saturated rings. The van der Waals surface area contributed by atoms with Gasteiger partial charge in [0.2, 0.25) is 0 Å². The SMILES string of the molecule is O=C1C2=C(c3ccccc31)C1C=CC2CC1. The Hall–Kier alpha value is -1.63. The molecule has 2 bridgehead atoms. The van der Waals surface area contributed by atoms with Gasteiger partial charge < -0.3 is 0 Å². The summed E-state index contributed by atoms with van der Waals surface area (Å²) in [4.78, 5) is 12.3. The van der Waals surface area contributed by atoms with Gasteiger partial charge in [-0.05, 0) is 24.0 Å². The second-order valence-electron chi connectivity index (χ2n) is 4.88. The van der Waals surface area contributed by atoms with E-state index in [1.165, 1.54) is 17.6 Å². The Balaban J connectivity index is 2.02. The molecule has 0 amide bonds. The van der Waals surface area contributed by atoms with Crippen molar-refractivity contribution < 1.29 is 4.79 Å². The third kappa shape index (κ3) is 0.850. The summed E-state index contributed by atoms with van der Waals surface area (Å²) in [5.74, 6) is 1.16.